The lowest BCUT2D eigenvalue weighted by atomic mass is 10.1. The second kappa shape index (κ2) is 3.52. The molecule has 14 heavy (non-hydrogen) atoms. The van der Waals surface area contributed by atoms with Crippen molar-refractivity contribution in [2.75, 3.05) is 7.05 Å². The van der Waals surface area contributed by atoms with Crippen molar-refractivity contribution in [3.8, 4) is 0 Å². The van der Waals surface area contributed by atoms with Crippen LogP contribution in [0, 0.1) is 6.92 Å². The summed E-state index contributed by atoms with van der Waals surface area (Å²) in [5.41, 5.74) is 2.69. The fourth-order valence-electron chi connectivity index (χ4n) is 1.77. The normalized spacial score (nSPS) is 18.2. The molecule has 0 aromatic carbocycles. The zero-order chi connectivity index (χ0) is 10.2. The molecule has 2 nitrogen and oxygen atoms in total. The number of hydrogen-bond donors (Lipinski definition) is 1. The van der Waals surface area contributed by atoms with Crippen molar-refractivity contribution in [1.82, 2.24) is 10.3 Å². The van der Waals surface area contributed by atoms with Crippen LogP contribution in [0.15, 0.2) is 12.3 Å². The summed E-state index contributed by atoms with van der Waals surface area (Å²) in [5.74, 6) is 0. The van der Waals surface area contributed by atoms with Gasteiger partial charge in [-0.15, -0.1) is 0 Å². The molecule has 0 unspecified atom stereocenters. The number of likely N-dealkylation sites (N-methyl/N-ethyl adjacent to an activating group) is 1. The lowest BCUT2D eigenvalue weighted by Crippen LogP contribution is -2.29. The highest BCUT2D eigenvalue weighted by atomic mass is 35.5. The molecule has 0 aliphatic heterocycles. The lowest BCUT2D eigenvalue weighted by Gasteiger charge is -2.13. The summed E-state index contributed by atoms with van der Waals surface area (Å²) in [6.45, 7) is 2.00. The molecule has 0 amide bonds. The van der Waals surface area contributed by atoms with Gasteiger partial charge in [0.25, 0.3) is 0 Å². The van der Waals surface area contributed by atoms with Crippen molar-refractivity contribution in [2.24, 2.45) is 0 Å². The van der Waals surface area contributed by atoms with Crippen LogP contribution in [0.25, 0.3) is 0 Å². The fourth-order valence-corrected chi connectivity index (χ4v) is 1.87. The van der Waals surface area contributed by atoms with Crippen LogP contribution < -0.4 is 5.32 Å². The third kappa shape index (κ3) is 1.91. The highest BCUT2D eigenvalue weighted by Crippen LogP contribution is 2.38. The molecule has 1 fully saturated rings. The van der Waals surface area contributed by atoms with Crippen molar-refractivity contribution in [2.45, 2.75) is 31.7 Å². The first-order valence-electron chi connectivity index (χ1n) is 4.95. The van der Waals surface area contributed by atoms with E-state index in [9.17, 15) is 0 Å². The van der Waals surface area contributed by atoms with E-state index >= 15 is 0 Å². The van der Waals surface area contributed by atoms with E-state index in [0.717, 1.165) is 12.0 Å². The van der Waals surface area contributed by atoms with Crippen LogP contribution in [0.2, 0.25) is 5.15 Å². The van der Waals surface area contributed by atoms with E-state index in [1.54, 1.807) is 0 Å². The van der Waals surface area contributed by atoms with Gasteiger partial charge in [-0.1, -0.05) is 17.7 Å². The Labute approximate surface area is 89.7 Å². The molecular weight excluding hydrogens is 196 g/mol. The third-order valence-corrected chi connectivity index (χ3v) is 3.39. The van der Waals surface area contributed by atoms with Gasteiger partial charge in [-0.3, -0.25) is 0 Å². The quantitative estimate of drug-likeness (QED) is 0.775. The van der Waals surface area contributed by atoms with Gasteiger partial charge in [-0.05, 0) is 44.4 Å². The van der Waals surface area contributed by atoms with E-state index in [2.05, 4.69) is 16.4 Å². The molecule has 2 rings (SSSR count). The average Bonchev–Trinajstić information content (AvgIpc) is 2.93. The second-order valence-electron chi connectivity index (χ2n) is 4.16. The molecule has 0 atom stereocenters. The topological polar surface area (TPSA) is 24.9 Å². The van der Waals surface area contributed by atoms with Crippen LogP contribution >= 0.6 is 11.6 Å². The minimum absolute atomic E-state index is 0.349. The number of pyridine rings is 1. The van der Waals surface area contributed by atoms with Crippen LogP contribution in [0.3, 0.4) is 0 Å². The van der Waals surface area contributed by atoms with Gasteiger partial charge in [-0.2, -0.15) is 0 Å². The standard InChI is InChI=1S/C11H15ClN2/c1-8-5-9(7-14-10(8)12)6-11(13-2)3-4-11/h5,7,13H,3-4,6H2,1-2H3. The second-order valence-corrected chi connectivity index (χ2v) is 4.52. The Balaban J connectivity index is 2.14. The maximum Gasteiger partial charge on any atom is 0.131 e. The van der Waals surface area contributed by atoms with E-state index in [4.69, 9.17) is 11.6 Å². The molecule has 1 aromatic heterocycles. The van der Waals surface area contributed by atoms with Gasteiger partial charge in [0, 0.05) is 11.7 Å². The monoisotopic (exact) mass is 210 g/mol. The molecule has 0 bridgehead atoms. The van der Waals surface area contributed by atoms with E-state index in [1.807, 2.05) is 20.2 Å². The highest BCUT2D eigenvalue weighted by molar-refractivity contribution is 6.30. The van der Waals surface area contributed by atoms with E-state index in [-0.39, 0.29) is 0 Å². The Morgan fingerprint density at radius 1 is 1.57 bits per heavy atom. The molecule has 1 aromatic rings. The molecule has 1 heterocycles. The fraction of sp³-hybridized carbons (Fsp3) is 0.545. The minimum Gasteiger partial charge on any atom is -0.314 e. The molecule has 3 heteroatoms. The number of aromatic nitrogens is 1. The predicted molar refractivity (Wildman–Crippen MR) is 58.7 cm³/mol. The molecule has 1 aliphatic carbocycles. The van der Waals surface area contributed by atoms with Gasteiger partial charge in [0.2, 0.25) is 0 Å². The third-order valence-electron chi connectivity index (χ3n) is 3.00. The number of aryl methyl sites for hydroxylation is 1. The predicted octanol–water partition coefficient (Wildman–Crippen LogP) is 2.34. The molecule has 1 saturated carbocycles. The Hall–Kier alpha value is -0.600. The van der Waals surface area contributed by atoms with Gasteiger partial charge in [-0.25, -0.2) is 4.98 Å². The SMILES string of the molecule is CNC1(Cc2cnc(Cl)c(C)c2)CC1. The first kappa shape index (κ1) is 9.94. The van der Waals surface area contributed by atoms with Gasteiger partial charge < -0.3 is 5.32 Å². The highest BCUT2D eigenvalue weighted by Gasteiger charge is 2.40. The maximum atomic E-state index is 5.87. The summed E-state index contributed by atoms with van der Waals surface area (Å²) >= 11 is 5.87. The number of rotatable bonds is 3. The van der Waals surface area contributed by atoms with Crippen molar-refractivity contribution < 1.29 is 0 Å². The van der Waals surface area contributed by atoms with Crippen LogP contribution in [0.4, 0.5) is 0 Å². The van der Waals surface area contributed by atoms with Crippen LogP contribution in [-0.2, 0) is 6.42 Å². The lowest BCUT2D eigenvalue weighted by molar-refractivity contribution is 0.548. The summed E-state index contributed by atoms with van der Waals surface area (Å²) in [7, 11) is 2.03. The minimum atomic E-state index is 0.349. The first-order valence-corrected chi connectivity index (χ1v) is 5.33. The van der Waals surface area contributed by atoms with E-state index in [0.29, 0.717) is 10.7 Å². The zero-order valence-electron chi connectivity index (χ0n) is 8.60. The van der Waals surface area contributed by atoms with Crippen LogP contribution in [-0.4, -0.2) is 17.6 Å². The van der Waals surface area contributed by atoms with Crippen molar-refractivity contribution in [3.05, 3.63) is 28.5 Å². The van der Waals surface area contributed by atoms with Crippen molar-refractivity contribution in [3.63, 3.8) is 0 Å². The molecule has 0 spiro atoms. The molecular formula is C11H15ClN2. The van der Waals surface area contributed by atoms with Crippen LogP contribution in [0.5, 0.6) is 0 Å². The van der Waals surface area contributed by atoms with Gasteiger partial charge in [0.15, 0.2) is 0 Å². The molecule has 1 N–H and O–H groups in total. The largest absolute Gasteiger partial charge is 0.314 e. The zero-order valence-corrected chi connectivity index (χ0v) is 9.36. The number of nitrogens with zero attached hydrogens (tertiary/aromatic N) is 1. The van der Waals surface area contributed by atoms with Gasteiger partial charge in [0.05, 0.1) is 0 Å². The summed E-state index contributed by atoms with van der Waals surface area (Å²) in [6.07, 6.45) is 5.48. The smallest absolute Gasteiger partial charge is 0.131 e. The molecule has 0 radical (unpaired) electrons. The maximum absolute atomic E-state index is 5.87. The number of nitrogens with one attached hydrogen (secondary N) is 1. The van der Waals surface area contributed by atoms with Crippen LogP contribution in [0.1, 0.15) is 24.0 Å². The number of hydrogen-bond acceptors (Lipinski definition) is 2. The molecule has 1 aliphatic rings. The summed E-state index contributed by atoms with van der Waals surface area (Å²) in [5, 5.41) is 3.99. The average molecular weight is 211 g/mol. The summed E-state index contributed by atoms with van der Waals surface area (Å²) in [6, 6.07) is 2.13. The van der Waals surface area contributed by atoms with E-state index < -0.39 is 0 Å². The molecule has 76 valence electrons. The first-order chi connectivity index (χ1) is 6.65. The Bertz CT molecular complexity index is 345. The Morgan fingerprint density at radius 2 is 2.29 bits per heavy atom. The number of halogens is 1. The Morgan fingerprint density at radius 3 is 2.79 bits per heavy atom. The van der Waals surface area contributed by atoms with Crippen molar-refractivity contribution in [1.29, 1.82) is 0 Å². The van der Waals surface area contributed by atoms with E-state index in [1.165, 1.54) is 18.4 Å². The van der Waals surface area contributed by atoms with Crippen molar-refractivity contribution >= 4 is 11.6 Å². The summed E-state index contributed by atoms with van der Waals surface area (Å²) < 4.78 is 0. The summed E-state index contributed by atoms with van der Waals surface area (Å²) in [4.78, 5) is 4.16. The van der Waals surface area contributed by atoms with Gasteiger partial charge >= 0.3 is 0 Å². The van der Waals surface area contributed by atoms with Gasteiger partial charge in [0.1, 0.15) is 5.15 Å². The molecule has 0 saturated heterocycles. The Kier molecular flexibility index (Phi) is 2.50.